The Bertz CT molecular complexity index is 1250. The third kappa shape index (κ3) is 1.82. The van der Waals surface area contributed by atoms with Crippen LogP contribution in [0.4, 0.5) is 0 Å². The molecule has 23 heavy (non-hydrogen) atoms. The summed E-state index contributed by atoms with van der Waals surface area (Å²) in [7, 11) is 0. The van der Waals surface area contributed by atoms with Crippen molar-refractivity contribution in [2.75, 3.05) is 0 Å². The van der Waals surface area contributed by atoms with Crippen molar-refractivity contribution in [3.63, 3.8) is 0 Å². The lowest BCUT2D eigenvalue weighted by Crippen LogP contribution is -2.32. The lowest BCUT2D eigenvalue weighted by Gasteiger charge is -2.08. The maximum atomic E-state index is 11.6. The number of Topliss-reactive ketones (excluding diaryl/α,β-unsaturated/α-hetero) is 1. The summed E-state index contributed by atoms with van der Waals surface area (Å²) in [5.41, 5.74) is 0.936. The number of hydrogen-bond donors (Lipinski definition) is 0. The average Bonchev–Trinajstić information content (AvgIpc) is 2.59. The van der Waals surface area contributed by atoms with Gasteiger partial charge in [0.1, 0.15) is 0 Å². The zero-order chi connectivity index (χ0) is 15.4. The summed E-state index contributed by atoms with van der Waals surface area (Å²) >= 11 is 0. The van der Waals surface area contributed by atoms with E-state index in [0.29, 0.717) is 6.42 Å². The minimum atomic E-state index is 0.121. The molecule has 1 aromatic heterocycles. The van der Waals surface area contributed by atoms with Gasteiger partial charge in [-0.2, -0.15) is 0 Å². The zero-order valence-corrected chi connectivity index (χ0v) is 12.4. The predicted octanol–water partition coefficient (Wildman–Crippen LogP) is 3.08. The Morgan fingerprint density at radius 2 is 1.65 bits per heavy atom. The molecule has 0 saturated carbocycles. The van der Waals surface area contributed by atoms with Crippen molar-refractivity contribution in [1.29, 1.82) is 0 Å². The number of pyridine rings is 1. The highest BCUT2D eigenvalue weighted by Crippen LogP contribution is 2.29. The minimum Gasteiger partial charge on any atom is -0.294 e. The largest absolute Gasteiger partial charge is 0.294 e. The summed E-state index contributed by atoms with van der Waals surface area (Å²) in [6.45, 7) is 0. The van der Waals surface area contributed by atoms with Gasteiger partial charge in [0, 0.05) is 17.9 Å². The first-order chi connectivity index (χ1) is 11.3. The fourth-order valence-electron chi connectivity index (χ4n) is 3.47. The maximum Gasteiger partial charge on any atom is 0.161 e. The molecular formula is C21H13NO. The highest BCUT2D eigenvalue weighted by atomic mass is 16.1. The molecule has 2 heteroatoms. The molecule has 0 amide bonds. The Labute approximate surface area is 132 Å². The van der Waals surface area contributed by atoms with Gasteiger partial charge >= 0.3 is 0 Å². The van der Waals surface area contributed by atoms with Crippen molar-refractivity contribution in [2.45, 2.75) is 6.42 Å². The lowest BCUT2D eigenvalue weighted by molar-refractivity contribution is -0.112. The van der Waals surface area contributed by atoms with Gasteiger partial charge < -0.3 is 0 Å². The Morgan fingerprint density at radius 3 is 2.61 bits per heavy atom. The smallest absolute Gasteiger partial charge is 0.161 e. The van der Waals surface area contributed by atoms with Gasteiger partial charge in [-0.05, 0) is 38.9 Å². The molecule has 1 aliphatic carbocycles. The van der Waals surface area contributed by atoms with Crippen LogP contribution in [0.3, 0.4) is 0 Å². The predicted molar refractivity (Wildman–Crippen MR) is 94.6 cm³/mol. The third-order valence-electron chi connectivity index (χ3n) is 4.60. The second-order valence-corrected chi connectivity index (χ2v) is 6.00. The van der Waals surface area contributed by atoms with E-state index in [4.69, 9.17) is 0 Å². The molecule has 0 radical (unpaired) electrons. The Hall–Kier alpha value is -3.00. The van der Waals surface area contributed by atoms with E-state index in [-0.39, 0.29) is 5.78 Å². The van der Waals surface area contributed by atoms with E-state index in [1.54, 1.807) is 6.08 Å². The Balaban J connectivity index is 1.99. The highest BCUT2D eigenvalue weighted by Gasteiger charge is 2.08. The van der Waals surface area contributed by atoms with Crippen LogP contribution in [0.25, 0.3) is 44.6 Å². The second-order valence-electron chi connectivity index (χ2n) is 6.00. The summed E-state index contributed by atoms with van der Waals surface area (Å²) < 4.78 is 0. The zero-order valence-electron chi connectivity index (χ0n) is 12.4. The van der Waals surface area contributed by atoms with Crippen LogP contribution in [0.15, 0.2) is 54.6 Å². The topological polar surface area (TPSA) is 30.0 Å². The van der Waals surface area contributed by atoms with Crippen LogP contribution in [-0.4, -0.2) is 10.8 Å². The van der Waals surface area contributed by atoms with E-state index >= 15 is 0 Å². The van der Waals surface area contributed by atoms with Crippen LogP contribution >= 0.6 is 0 Å². The number of carbonyl (C=O) groups is 1. The molecule has 0 bridgehead atoms. The first kappa shape index (κ1) is 12.5. The van der Waals surface area contributed by atoms with Crippen molar-refractivity contribution in [1.82, 2.24) is 4.98 Å². The average molecular weight is 295 g/mol. The molecule has 5 rings (SSSR count). The molecule has 0 saturated heterocycles. The summed E-state index contributed by atoms with van der Waals surface area (Å²) in [4.78, 5) is 16.3. The van der Waals surface area contributed by atoms with Crippen LogP contribution < -0.4 is 10.6 Å². The monoisotopic (exact) mass is 295 g/mol. The quantitative estimate of drug-likeness (QED) is 0.467. The van der Waals surface area contributed by atoms with Crippen molar-refractivity contribution in [2.24, 2.45) is 0 Å². The van der Waals surface area contributed by atoms with E-state index in [0.717, 1.165) is 21.5 Å². The number of nitrogens with zero attached hydrogens (tertiary/aromatic N) is 1. The van der Waals surface area contributed by atoms with E-state index in [1.807, 2.05) is 6.08 Å². The summed E-state index contributed by atoms with van der Waals surface area (Å²) in [5.74, 6) is 0.121. The van der Waals surface area contributed by atoms with E-state index < -0.39 is 0 Å². The van der Waals surface area contributed by atoms with Crippen LogP contribution in [0.5, 0.6) is 0 Å². The van der Waals surface area contributed by atoms with Crippen molar-refractivity contribution >= 4 is 50.4 Å². The molecule has 0 unspecified atom stereocenters. The molecule has 0 N–H and O–H groups in total. The number of rotatable bonds is 0. The van der Waals surface area contributed by atoms with E-state index in [2.05, 4.69) is 59.6 Å². The fourth-order valence-corrected chi connectivity index (χ4v) is 3.47. The number of hydrogen-bond acceptors (Lipinski definition) is 2. The van der Waals surface area contributed by atoms with Crippen LogP contribution in [0.1, 0.15) is 6.42 Å². The first-order valence-electron chi connectivity index (χ1n) is 7.76. The molecule has 0 fully saturated rings. The molecule has 4 aromatic rings. The van der Waals surface area contributed by atoms with Crippen molar-refractivity contribution < 1.29 is 4.79 Å². The van der Waals surface area contributed by atoms with Crippen molar-refractivity contribution in [3.8, 4) is 0 Å². The Morgan fingerprint density at radius 1 is 0.826 bits per heavy atom. The molecule has 1 heterocycles. The summed E-state index contributed by atoms with van der Waals surface area (Å²) in [6, 6.07) is 19.1. The standard InChI is InChI=1S/C21H13NO/c23-15-7-5-14-11-19-18-8-6-13-3-1-2-4-16(13)17(18)9-10-20(19)22-21(14)12-15/h1-6,8-12H,7H2. The van der Waals surface area contributed by atoms with Gasteiger partial charge in [0.05, 0.1) is 10.9 Å². The normalized spacial score (nSPS) is 13.8. The summed E-state index contributed by atoms with van der Waals surface area (Å²) in [5, 5.41) is 7.94. The van der Waals surface area contributed by atoms with Crippen LogP contribution in [0, 0.1) is 0 Å². The van der Waals surface area contributed by atoms with Gasteiger partial charge in [-0.15, -0.1) is 0 Å². The van der Waals surface area contributed by atoms with Gasteiger partial charge in [-0.1, -0.05) is 48.5 Å². The lowest BCUT2D eigenvalue weighted by atomic mass is 9.98. The number of benzene rings is 3. The SMILES string of the molecule is O=C1C=c2nc3ccc4c5ccccc5ccc4c3cc2=CC1. The van der Waals surface area contributed by atoms with Gasteiger partial charge in [-0.25, -0.2) is 4.98 Å². The van der Waals surface area contributed by atoms with Crippen LogP contribution in [0.2, 0.25) is 0 Å². The molecule has 108 valence electrons. The number of ketones is 1. The van der Waals surface area contributed by atoms with E-state index in [1.165, 1.54) is 21.5 Å². The molecule has 0 aliphatic heterocycles. The molecule has 1 aliphatic rings. The van der Waals surface area contributed by atoms with Crippen molar-refractivity contribution in [3.05, 3.63) is 65.2 Å². The second kappa shape index (κ2) is 4.50. The molecule has 0 atom stereocenters. The third-order valence-corrected chi connectivity index (χ3v) is 4.60. The number of fused-ring (bicyclic) bond motifs is 6. The fraction of sp³-hybridized carbons (Fsp3) is 0.0476. The maximum absolute atomic E-state index is 11.6. The molecule has 3 aromatic carbocycles. The Kier molecular flexibility index (Phi) is 2.45. The van der Waals surface area contributed by atoms with Crippen LogP contribution in [-0.2, 0) is 4.79 Å². The molecule has 2 nitrogen and oxygen atoms in total. The number of aromatic nitrogens is 1. The molecule has 0 spiro atoms. The van der Waals surface area contributed by atoms with Gasteiger partial charge in [-0.3, -0.25) is 4.79 Å². The highest BCUT2D eigenvalue weighted by molar-refractivity contribution is 6.17. The first-order valence-corrected chi connectivity index (χ1v) is 7.76. The molecular weight excluding hydrogens is 282 g/mol. The minimum absolute atomic E-state index is 0.121. The van der Waals surface area contributed by atoms with Gasteiger partial charge in [0.15, 0.2) is 5.78 Å². The summed E-state index contributed by atoms with van der Waals surface area (Å²) in [6.07, 6.45) is 4.09. The van der Waals surface area contributed by atoms with Gasteiger partial charge in [0.25, 0.3) is 0 Å². The number of carbonyl (C=O) groups excluding carboxylic acids is 1. The van der Waals surface area contributed by atoms with Gasteiger partial charge in [0.2, 0.25) is 0 Å². The van der Waals surface area contributed by atoms with E-state index in [9.17, 15) is 4.79 Å².